The Morgan fingerprint density at radius 2 is 1.24 bits per heavy atom. The van der Waals surface area contributed by atoms with Crippen LogP contribution in [0.15, 0.2) is 0 Å². The van der Waals surface area contributed by atoms with Crippen LogP contribution >= 0.6 is 16.2 Å². The zero-order valence-electron chi connectivity index (χ0n) is 16.4. The van der Waals surface area contributed by atoms with Gasteiger partial charge in [0, 0.05) is 45.8 Å². The van der Waals surface area contributed by atoms with Gasteiger partial charge in [-0.05, 0) is 44.9 Å². The number of hydrogen-bond acceptors (Lipinski definition) is 5. The normalized spacial score (nSPS) is 32.4. The summed E-state index contributed by atoms with van der Waals surface area (Å²) in [4.78, 5) is 0. The molecule has 4 saturated heterocycles. The van der Waals surface area contributed by atoms with Gasteiger partial charge in [-0.25, -0.2) is 0 Å². The minimum atomic E-state index is -10.7. The molecule has 4 rings (SSSR count). The SMILES string of the molecule is C1COC(OC2CCCN2[PH+](N2CCCC2)N2CCCC2)C1.F[P-](F)(F)(F)(F)F. The zero-order valence-corrected chi connectivity index (χ0v) is 18.3. The molecule has 2 atom stereocenters. The summed E-state index contributed by atoms with van der Waals surface area (Å²) < 4.78 is 79.6. The summed E-state index contributed by atoms with van der Waals surface area (Å²) in [6, 6.07) is 0. The van der Waals surface area contributed by atoms with Crippen molar-refractivity contribution in [1.29, 1.82) is 0 Å². The molecule has 0 aromatic rings. The molecule has 0 spiro atoms. The van der Waals surface area contributed by atoms with Crippen molar-refractivity contribution in [1.82, 2.24) is 14.0 Å². The Labute approximate surface area is 168 Å². The Kier molecular flexibility index (Phi) is 7.12. The Hall–Kier alpha value is 0.240. The van der Waals surface area contributed by atoms with Crippen LogP contribution in [0.4, 0.5) is 25.2 Å². The molecule has 0 amide bonds. The van der Waals surface area contributed by atoms with Crippen LogP contribution in [0.5, 0.6) is 0 Å². The summed E-state index contributed by atoms with van der Waals surface area (Å²) in [6.07, 6.45) is 10.6. The molecule has 0 aromatic carbocycles. The molecular formula is C16H31F6N3O2P2. The second-order valence-electron chi connectivity index (χ2n) is 8.02. The van der Waals surface area contributed by atoms with Crippen LogP contribution in [-0.2, 0) is 9.47 Å². The van der Waals surface area contributed by atoms with E-state index < -0.39 is 16.2 Å². The van der Waals surface area contributed by atoms with Crippen LogP contribution in [0.3, 0.4) is 0 Å². The van der Waals surface area contributed by atoms with Crippen molar-refractivity contribution in [2.45, 2.75) is 63.9 Å². The predicted molar refractivity (Wildman–Crippen MR) is 103 cm³/mol. The number of hydrogen-bond donors (Lipinski definition) is 0. The summed E-state index contributed by atoms with van der Waals surface area (Å²) in [5, 5.41) is 0. The number of nitrogens with zero attached hydrogens (tertiary/aromatic N) is 3. The molecule has 0 aliphatic carbocycles. The third kappa shape index (κ3) is 8.71. The van der Waals surface area contributed by atoms with Gasteiger partial charge in [0.1, 0.15) is 6.23 Å². The molecule has 13 heteroatoms. The predicted octanol–water partition coefficient (Wildman–Crippen LogP) is 6.09. The van der Waals surface area contributed by atoms with E-state index in [2.05, 4.69) is 14.0 Å². The van der Waals surface area contributed by atoms with E-state index in [1.807, 2.05) is 0 Å². The fourth-order valence-corrected chi connectivity index (χ4v) is 7.70. The Morgan fingerprint density at radius 3 is 1.69 bits per heavy atom. The molecule has 174 valence electrons. The molecule has 4 aliphatic heterocycles. The fourth-order valence-electron chi connectivity index (χ4n) is 4.33. The van der Waals surface area contributed by atoms with Crippen LogP contribution in [0.1, 0.15) is 51.4 Å². The monoisotopic (exact) mass is 473 g/mol. The summed E-state index contributed by atoms with van der Waals surface area (Å²) >= 11 is 0. The van der Waals surface area contributed by atoms with Crippen molar-refractivity contribution in [3.05, 3.63) is 0 Å². The quantitative estimate of drug-likeness (QED) is 0.356. The Morgan fingerprint density at radius 1 is 0.724 bits per heavy atom. The van der Waals surface area contributed by atoms with E-state index >= 15 is 0 Å². The first-order valence-electron chi connectivity index (χ1n) is 10.3. The van der Waals surface area contributed by atoms with E-state index in [9.17, 15) is 25.2 Å². The molecule has 5 nitrogen and oxygen atoms in total. The van der Waals surface area contributed by atoms with Crippen molar-refractivity contribution in [3.63, 3.8) is 0 Å². The topological polar surface area (TPSA) is 28.2 Å². The van der Waals surface area contributed by atoms with E-state index in [1.165, 1.54) is 71.2 Å². The molecule has 4 fully saturated rings. The van der Waals surface area contributed by atoms with E-state index in [-0.39, 0.29) is 6.29 Å². The molecule has 0 N–H and O–H groups in total. The molecule has 0 bridgehead atoms. The summed E-state index contributed by atoms with van der Waals surface area (Å²) in [5.41, 5.74) is 0. The van der Waals surface area contributed by atoms with Crippen LogP contribution in [0.25, 0.3) is 0 Å². The van der Waals surface area contributed by atoms with Gasteiger partial charge >= 0.3 is 33.0 Å². The molecular weight excluding hydrogens is 442 g/mol. The van der Waals surface area contributed by atoms with E-state index in [0.717, 1.165) is 19.4 Å². The molecule has 0 aromatic heterocycles. The maximum absolute atomic E-state index is 10.7. The van der Waals surface area contributed by atoms with Gasteiger partial charge in [-0.1, -0.05) is 0 Å². The van der Waals surface area contributed by atoms with Crippen molar-refractivity contribution in [2.75, 3.05) is 39.3 Å². The molecule has 4 aliphatic rings. The van der Waals surface area contributed by atoms with Crippen LogP contribution in [0.2, 0.25) is 0 Å². The van der Waals surface area contributed by atoms with Crippen LogP contribution in [0, 0.1) is 0 Å². The first kappa shape index (κ1) is 23.9. The van der Waals surface area contributed by atoms with Gasteiger partial charge in [0.05, 0.1) is 0 Å². The van der Waals surface area contributed by atoms with Crippen molar-refractivity contribution < 1.29 is 34.7 Å². The zero-order chi connectivity index (χ0) is 21.2. The molecule has 0 saturated carbocycles. The van der Waals surface area contributed by atoms with Crippen molar-refractivity contribution >= 4 is 16.2 Å². The van der Waals surface area contributed by atoms with Crippen LogP contribution < -0.4 is 0 Å². The van der Waals surface area contributed by atoms with E-state index in [1.54, 1.807) is 0 Å². The van der Waals surface area contributed by atoms with Gasteiger partial charge in [0.25, 0.3) is 0 Å². The minimum absolute atomic E-state index is 0.0611. The number of ether oxygens (including phenoxy) is 2. The Bertz CT molecular complexity index is 510. The molecule has 4 heterocycles. The second kappa shape index (κ2) is 8.64. The summed E-state index contributed by atoms with van der Waals surface area (Å²) in [7, 11) is -11.4. The molecule has 0 radical (unpaired) electrons. The fraction of sp³-hybridized carbons (Fsp3) is 1.00. The second-order valence-corrected chi connectivity index (χ2v) is 12.4. The number of halogens is 6. The first-order valence-corrected chi connectivity index (χ1v) is 13.7. The Balaban J connectivity index is 0.000000298. The average Bonchev–Trinajstić information content (AvgIpc) is 3.36. The van der Waals surface area contributed by atoms with Gasteiger partial charge in [-0.3, -0.25) is 0 Å². The third-order valence-corrected chi connectivity index (χ3v) is 8.48. The van der Waals surface area contributed by atoms with Gasteiger partial charge in [0.2, 0.25) is 8.37 Å². The number of rotatable bonds is 5. The standard InChI is InChI=1S/C16H30N3O2P.F6P/c1-2-10-17(9-1)22(18-11-3-4-12-18)19-13-5-7-15(19)21-16-8-6-14-20-16;1-7(2,3,4,5)6/h15-16H,1-14H2;/q;-1/p+1. The maximum atomic E-state index is 9.87. The van der Waals surface area contributed by atoms with Crippen molar-refractivity contribution in [3.8, 4) is 0 Å². The van der Waals surface area contributed by atoms with Gasteiger partial charge < -0.3 is 9.47 Å². The summed E-state index contributed by atoms with van der Waals surface area (Å²) in [6.45, 7) is 7.30. The van der Waals surface area contributed by atoms with Crippen LogP contribution in [-0.4, -0.2) is 65.9 Å². The first-order chi connectivity index (χ1) is 13.4. The van der Waals surface area contributed by atoms with Gasteiger partial charge in [-0.2, -0.15) is 9.34 Å². The third-order valence-electron chi connectivity index (χ3n) is 5.43. The van der Waals surface area contributed by atoms with Gasteiger partial charge in [-0.15, -0.1) is 4.67 Å². The van der Waals surface area contributed by atoms with E-state index in [4.69, 9.17) is 9.47 Å². The molecule has 29 heavy (non-hydrogen) atoms. The van der Waals surface area contributed by atoms with E-state index in [0.29, 0.717) is 6.23 Å². The average molecular weight is 473 g/mol. The molecule has 2 unspecified atom stereocenters. The van der Waals surface area contributed by atoms with Crippen molar-refractivity contribution in [2.24, 2.45) is 0 Å². The summed E-state index contributed by atoms with van der Waals surface area (Å²) in [5.74, 6) is 0. The van der Waals surface area contributed by atoms with Gasteiger partial charge in [0.15, 0.2) is 6.29 Å².